The van der Waals surface area contributed by atoms with Crippen molar-refractivity contribution in [3.05, 3.63) is 77.4 Å². The Bertz CT molecular complexity index is 757. The van der Waals surface area contributed by atoms with Gasteiger partial charge >= 0.3 is 0 Å². The molecule has 0 fully saturated rings. The second kappa shape index (κ2) is 6.75. The van der Waals surface area contributed by atoms with E-state index in [-0.39, 0.29) is 0 Å². The smallest absolute Gasteiger partial charge is 0.0645 e. The van der Waals surface area contributed by atoms with Gasteiger partial charge in [0.2, 0.25) is 0 Å². The van der Waals surface area contributed by atoms with E-state index >= 15 is 0 Å². The third-order valence-electron chi connectivity index (χ3n) is 3.69. The average Bonchev–Trinajstić information content (AvgIpc) is 2.95. The Kier molecular flexibility index (Phi) is 4.53. The Morgan fingerprint density at radius 2 is 1.83 bits per heavy atom. The van der Waals surface area contributed by atoms with E-state index in [2.05, 4.69) is 59.4 Å². The second-order valence-corrected chi connectivity index (χ2v) is 6.08. The van der Waals surface area contributed by atoms with Gasteiger partial charge in [-0.2, -0.15) is 5.10 Å². The number of pyridine rings is 1. The minimum absolute atomic E-state index is 0.832. The van der Waals surface area contributed by atoms with Crippen LogP contribution in [0.4, 0.5) is 0 Å². The zero-order valence-corrected chi connectivity index (χ0v) is 13.9. The second-order valence-electron chi connectivity index (χ2n) is 6.08. The Morgan fingerprint density at radius 1 is 1.04 bits per heavy atom. The van der Waals surface area contributed by atoms with E-state index < -0.39 is 0 Å². The lowest BCUT2D eigenvalue weighted by Crippen LogP contribution is -2.18. The largest absolute Gasteiger partial charge is 0.296 e. The number of benzene rings is 1. The highest BCUT2D eigenvalue weighted by molar-refractivity contribution is 5.30. The van der Waals surface area contributed by atoms with Crippen molar-refractivity contribution in [2.75, 3.05) is 7.05 Å². The normalized spacial score (nSPS) is 11.1. The Balaban J connectivity index is 1.66. The highest BCUT2D eigenvalue weighted by Crippen LogP contribution is 2.11. The highest BCUT2D eigenvalue weighted by Gasteiger charge is 2.07. The maximum atomic E-state index is 4.61. The van der Waals surface area contributed by atoms with Gasteiger partial charge in [0.1, 0.15) is 0 Å². The summed E-state index contributed by atoms with van der Waals surface area (Å²) >= 11 is 0. The van der Waals surface area contributed by atoms with Gasteiger partial charge in [-0.25, -0.2) is 4.68 Å². The number of nitrogens with zero attached hydrogens (tertiary/aromatic N) is 4. The molecular formula is C19H22N4. The van der Waals surface area contributed by atoms with Gasteiger partial charge in [0, 0.05) is 30.5 Å². The van der Waals surface area contributed by atoms with Crippen molar-refractivity contribution in [2.24, 2.45) is 0 Å². The Labute approximate surface area is 137 Å². The van der Waals surface area contributed by atoms with Crippen molar-refractivity contribution in [1.82, 2.24) is 19.7 Å². The summed E-state index contributed by atoms with van der Waals surface area (Å²) in [7, 11) is 2.11. The van der Waals surface area contributed by atoms with Crippen LogP contribution in [0.25, 0.3) is 5.69 Å². The van der Waals surface area contributed by atoms with E-state index in [0.29, 0.717) is 0 Å². The van der Waals surface area contributed by atoms with Gasteiger partial charge in [0.15, 0.2) is 0 Å². The SMILES string of the molecule is Cc1cc(C)nc(CN(C)Cc2cnn(-c3ccccc3)c2)c1. The van der Waals surface area contributed by atoms with Crippen LogP contribution < -0.4 is 0 Å². The molecule has 0 radical (unpaired) electrons. The van der Waals surface area contributed by atoms with E-state index in [1.807, 2.05) is 36.0 Å². The topological polar surface area (TPSA) is 34.0 Å². The van der Waals surface area contributed by atoms with Crippen LogP contribution >= 0.6 is 0 Å². The molecule has 23 heavy (non-hydrogen) atoms. The van der Waals surface area contributed by atoms with Gasteiger partial charge in [-0.15, -0.1) is 0 Å². The first kappa shape index (κ1) is 15.4. The number of aryl methyl sites for hydroxylation is 2. The van der Waals surface area contributed by atoms with Crippen molar-refractivity contribution in [2.45, 2.75) is 26.9 Å². The van der Waals surface area contributed by atoms with Crippen molar-refractivity contribution >= 4 is 0 Å². The lowest BCUT2D eigenvalue weighted by Gasteiger charge is -2.15. The van der Waals surface area contributed by atoms with E-state index in [9.17, 15) is 0 Å². The molecule has 4 heteroatoms. The molecule has 0 saturated carbocycles. The third-order valence-corrected chi connectivity index (χ3v) is 3.69. The van der Waals surface area contributed by atoms with Crippen molar-refractivity contribution in [3.8, 4) is 5.69 Å². The predicted molar refractivity (Wildman–Crippen MR) is 92.4 cm³/mol. The molecule has 118 valence electrons. The summed E-state index contributed by atoms with van der Waals surface area (Å²) in [5.41, 5.74) is 5.72. The van der Waals surface area contributed by atoms with Crippen LogP contribution in [0.15, 0.2) is 54.9 Å². The van der Waals surface area contributed by atoms with Gasteiger partial charge in [0.25, 0.3) is 0 Å². The lowest BCUT2D eigenvalue weighted by molar-refractivity contribution is 0.315. The molecule has 2 heterocycles. The number of para-hydroxylation sites is 1. The predicted octanol–water partition coefficient (Wildman–Crippen LogP) is 3.52. The van der Waals surface area contributed by atoms with Crippen LogP contribution in [0.2, 0.25) is 0 Å². The Hall–Kier alpha value is -2.46. The lowest BCUT2D eigenvalue weighted by atomic mass is 10.2. The van der Waals surface area contributed by atoms with Crippen LogP contribution in [0.3, 0.4) is 0 Å². The van der Waals surface area contributed by atoms with Crippen LogP contribution in [0.1, 0.15) is 22.5 Å². The molecule has 0 bridgehead atoms. The molecule has 0 spiro atoms. The first-order chi connectivity index (χ1) is 11.1. The summed E-state index contributed by atoms with van der Waals surface area (Å²) in [5, 5.41) is 4.45. The zero-order valence-electron chi connectivity index (χ0n) is 13.9. The van der Waals surface area contributed by atoms with E-state index in [1.165, 1.54) is 11.1 Å². The van der Waals surface area contributed by atoms with E-state index in [0.717, 1.165) is 30.2 Å². The molecule has 3 rings (SSSR count). The first-order valence-corrected chi connectivity index (χ1v) is 7.82. The standard InChI is InChI=1S/C19H22N4/c1-15-9-16(2)21-18(10-15)14-22(3)12-17-11-20-23(13-17)19-7-5-4-6-8-19/h4-11,13H,12,14H2,1-3H3. The molecule has 0 N–H and O–H groups in total. The fourth-order valence-corrected chi connectivity index (χ4v) is 2.81. The highest BCUT2D eigenvalue weighted by atomic mass is 15.3. The summed E-state index contributed by atoms with van der Waals surface area (Å²) in [4.78, 5) is 6.86. The third kappa shape index (κ3) is 4.05. The molecule has 0 aliphatic carbocycles. The van der Waals surface area contributed by atoms with Crippen LogP contribution in [0, 0.1) is 13.8 Å². The maximum absolute atomic E-state index is 4.61. The molecule has 0 saturated heterocycles. The quantitative estimate of drug-likeness (QED) is 0.723. The van der Waals surface area contributed by atoms with Gasteiger partial charge in [-0.3, -0.25) is 9.88 Å². The molecule has 0 aliphatic rings. The molecule has 0 amide bonds. The number of hydrogen-bond acceptors (Lipinski definition) is 3. The fraction of sp³-hybridized carbons (Fsp3) is 0.263. The van der Waals surface area contributed by atoms with Gasteiger partial charge < -0.3 is 0 Å². The molecule has 0 unspecified atom stereocenters. The van der Waals surface area contributed by atoms with Crippen molar-refractivity contribution in [1.29, 1.82) is 0 Å². The summed E-state index contributed by atoms with van der Waals surface area (Å²) in [6, 6.07) is 14.4. The number of hydrogen-bond donors (Lipinski definition) is 0. The Morgan fingerprint density at radius 3 is 2.57 bits per heavy atom. The van der Waals surface area contributed by atoms with Crippen molar-refractivity contribution < 1.29 is 0 Å². The molecule has 3 aromatic rings. The van der Waals surface area contributed by atoms with Crippen molar-refractivity contribution in [3.63, 3.8) is 0 Å². The molecule has 1 aromatic carbocycles. The summed E-state index contributed by atoms with van der Waals surface area (Å²) in [5.74, 6) is 0. The van der Waals surface area contributed by atoms with Crippen LogP contribution in [-0.2, 0) is 13.1 Å². The van der Waals surface area contributed by atoms with Gasteiger partial charge in [-0.05, 0) is 50.7 Å². The average molecular weight is 306 g/mol. The minimum Gasteiger partial charge on any atom is -0.296 e. The summed E-state index contributed by atoms with van der Waals surface area (Å²) < 4.78 is 1.91. The zero-order chi connectivity index (χ0) is 16.2. The molecule has 0 aliphatic heterocycles. The molecule has 0 atom stereocenters. The minimum atomic E-state index is 0.832. The fourth-order valence-electron chi connectivity index (χ4n) is 2.81. The maximum Gasteiger partial charge on any atom is 0.0645 e. The van der Waals surface area contributed by atoms with Crippen LogP contribution in [0.5, 0.6) is 0 Å². The molecule has 2 aromatic heterocycles. The number of aromatic nitrogens is 3. The van der Waals surface area contributed by atoms with E-state index in [1.54, 1.807) is 0 Å². The van der Waals surface area contributed by atoms with Crippen LogP contribution in [-0.4, -0.2) is 26.7 Å². The van der Waals surface area contributed by atoms with Gasteiger partial charge in [-0.1, -0.05) is 18.2 Å². The molecular weight excluding hydrogens is 284 g/mol. The van der Waals surface area contributed by atoms with Gasteiger partial charge in [0.05, 0.1) is 17.6 Å². The monoisotopic (exact) mass is 306 g/mol. The summed E-state index contributed by atoms with van der Waals surface area (Å²) in [6.45, 7) is 5.84. The summed E-state index contributed by atoms with van der Waals surface area (Å²) in [6.07, 6.45) is 4.01. The first-order valence-electron chi connectivity index (χ1n) is 7.82. The molecule has 4 nitrogen and oxygen atoms in total. The number of rotatable bonds is 5. The van der Waals surface area contributed by atoms with E-state index in [4.69, 9.17) is 0 Å².